The highest BCUT2D eigenvalue weighted by atomic mass is 32.2. The van der Waals surface area contributed by atoms with Gasteiger partial charge in [0.05, 0.1) is 22.0 Å². The molecule has 0 saturated heterocycles. The lowest BCUT2D eigenvalue weighted by Crippen LogP contribution is -2.43. The Balaban J connectivity index is 2.23. The summed E-state index contributed by atoms with van der Waals surface area (Å²) in [5.41, 5.74) is 0.725. The predicted molar refractivity (Wildman–Crippen MR) is 93.8 cm³/mol. The standard InChI is InChI=1S/C17H26O4S2/c1-2-3-13-22(18,19)16-11-7-8-12-17(16)23(20,21)14-15-9-5-4-6-10-15/h4-6,9-10,16-17H,2-3,7-8,11-14H2,1H3/t16-,17+/m1/s1. The second-order valence-electron chi connectivity index (χ2n) is 6.37. The lowest BCUT2D eigenvalue weighted by atomic mass is 10.00. The van der Waals surface area contributed by atoms with Crippen LogP contribution in [0.1, 0.15) is 51.0 Å². The van der Waals surface area contributed by atoms with Crippen molar-refractivity contribution < 1.29 is 16.8 Å². The summed E-state index contributed by atoms with van der Waals surface area (Å²) < 4.78 is 50.8. The van der Waals surface area contributed by atoms with E-state index in [1.165, 1.54) is 0 Å². The Labute approximate surface area is 140 Å². The van der Waals surface area contributed by atoms with E-state index >= 15 is 0 Å². The molecular weight excluding hydrogens is 332 g/mol. The van der Waals surface area contributed by atoms with Gasteiger partial charge in [0, 0.05) is 0 Å². The summed E-state index contributed by atoms with van der Waals surface area (Å²) >= 11 is 0. The van der Waals surface area contributed by atoms with Gasteiger partial charge in [0.2, 0.25) is 0 Å². The molecule has 1 aromatic rings. The third-order valence-corrected chi connectivity index (χ3v) is 9.30. The van der Waals surface area contributed by atoms with E-state index < -0.39 is 30.2 Å². The molecule has 0 N–H and O–H groups in total. The van der Waals surface area contributed by atoms with Gasteiger partial charge in [0.1, 0.15) is 0 Å². The van der Waals surface area contributed by atoms with Crippen molar-refractivity contribution in [2.45, 2.75) is 61.7 Å². The molecule has 1 aliphatic carbocycles. The highest BCUT2D eigenvalue weighted by molar-refractivity contribution is 7.95. The summed E-state index contributed by atoms with van der Waals surface area (Å²) in [6.45, 7) is 1.94. The van der Waals surface area contributed by atoms with Crippen LogP contribution in [0, 0.1) is 0 Å². The van der Waals surface area contributed by atoms with E-state index in [4.69, 9.17) is 0 Å². The average Bonchev–Trinajstić information content (AvgIpc) is 2.53. The predicted octanol–water partition coefficient (Wildman–Crippen LogP) is 3.13. The summed E-state index contributed by atoms with van der Waals surface area (Å²) in [6.07, 6.45) is 3.93. The van der Waals surface area contributed by atoms with Gasteiger partial charge in [0.15, 0.2) is 19.7 Å². The Morgan fingerprint density at radius 1 is 0.913 bits per heavy atom. The van der Waals surface area contributed by atoms with E-state index in [1.54, 1.807) is 24.3 Å². The van der Waals surface area contributed by atoms with Crippen LogP contribution in [0.25, 0.3) is 0 Å². The summed E-state index contributed by atoms with van der Waals surface area (Å²) in [4.78, 5) is 0. The minimum atomic E-state index is -3.47. The molecule has 0 spiro atoms. The first kappa shape index (κ1) is 18.5. The van der Waals surface area contributed by atoms with Gasteiger partial charge in [-0.1, -0.05) is 56.5 Å². The third-order valence-electron chi connectivity index (χ3n) is 4.56. The number of sulfone groups is 2. The van der Waals surface area contributed by atoms with Crippen LogP contribution in [0.4, 0.5) is 0 Å². The van der Waals surface area contributed by atoms with Gasteiger partial charge in [-0.15, -0.1) is 0 Å². The molecule has 0 amide bonds. The first-order valence-corrected chi connectivity index (χ1v) is 11.8. The summed E-state index contributed by atoms with van der Waals surface area (Å²) in [7, 11) is -6.82. The van der Waals surface area contributed by atoms with E-state index in [-0.39, 0.29) is 11.5 Å². The number of benzene rings is 1. The lowest BCUT2D eigenvalue weighted by molar-refractivity contribution is 0.468. The van der Waals surface area contributed by atoms with Crippen LogP contribution in [0.2, 0.25) is 0 Å². The molecule has 0 unspecified atom stereocenters. The smallest absolute Gasteiger partial charge is 0.158 e. The molecule has 1 fully saturated rings. The second-order valence-corrected chi connectivity index (χ2v) is 10.9. The topological polar surface area (TPSA) is 68.3 Å². The van der Waals surface area contributed by atoms with Crippen LogP contribution in [-0.4, -0.2) is 33.1 Å². The highest BCUT2D eigenvalue weighted by Crippen LogP contribution is 2.32. The maximum absolute atomic E-state index is 12.8. The molecule has 4 nitrogen and oxygen atoms in total. The SMILES string of the molecule is CCCCS(=O)(=O)[C@@H]1CCCC[C@@H]1S(=O)(=O)Cc1ccccc1. The fraction of sp³-hybridized carbons (Fsp3) is 0.647. The summed E-state index contributed by atoms with van der Waals surface area (Å²) in [5.74, 6) is 0.0316. The van der Waals surface area contributed by atoms with Crippen molar-refractivity contribution >= 4 is 19.7 Å². The van der Waals surface area contributed by atoms with Crippen LogP contribution < -0.4 is 0 Å². The minimum Gasteiger partial charge on any atom is -0.229 e. The van der Waals surface area contributed by atoms with Gasteiger partial charge in [-0.25, -0.2) is 16.8 Å². The van der Waals surface area contributed by atoms with Gasteiger partial charge >= 0.3 is 0 Å². The average molecular weight is 359 g/mol. The van der Waals surface area contributed by atoms with Crippen LogP contribution in [0.15, 0.2) is 30.3 Å². The van der Waals surface area contributed by atoms with Crippen molar-refractivity contribution in [3.05, 3.63) is 35.9 Å². The monoisotopic (exact) mass is 358 g/mol. The molecule has 0 radical (unpaired) electrons. The molecule has 6 heteroatoms. The normalized spacial score (nSPS) is 22.8. The zero-order valence-corrected chi connectivity index (χ0v) is 15.3. The number of hydrogen-bond donors (Lipinski definition) is 0. The van der Waals surface area contributed by atoms with Crippen LogP contribution in [0.3, 0.4) is 0 Å². The molecule has 1 aliphatic rings. The minimum absolute atomic E-state index is 0.0711. The Bertz CT molecular complexity index is 693. The summed E-state index contributed by atoms with van der Waals surface area (Å²) in [6, 6.07) is 9.01. The molecular formula is C17H26O4S2. The molecule has 130 valence electrons. The molecule has 0 bridgehead atoms. The molecule has 0 aliphatic heterocycles. The maximum atomic E-state index is 12.8. The van der Waals surface area contributed by atoms with E-state index in [1.807, 2.05) is 13.0 Å². The van der Waals surface area contributed by atoms with E-state index in [9.17, 15) is 16.8 Å². The fourth-order valence-electron chi connectivity index (χ4n) is 3.29. The lowest BCUT2D eigenvalue weighted by Gasteiger charge is -2.31. The van der Waals surface area contributed by atoms with Crippen molar-refractivity contribution in [1.82, 2.24) is 0 Å². The molecule has 2 rings (SSSR count). The quantitative estimate of drug-likeness (QED) is 0.751. The Kier molecular flexibility index (Phi) is 6.26. The largest absolute Gasteiger partial charge is 0.229 e. The van der Waals surface area contributed by atoms with Crippen LogP contribution in [-0.2, 0) is 25.4 Å². The van der Waals surface area contributed by atoms with Crippen molar-refractivity contribution in [1.29, 1.82) is 0 Å². The Morgan fingerprint density at radius 2 is 1.48 bits per heavy atom. The van der Waals surface area contributed by atoms with Crippen molar-refractivity contribution in [3.63, 3.8) is 0 Å². The second kappa shape index (κ2) is 7.79. The Morgan fingerprint density at radius 3 is 2.04 bits per heavy atom. The summed E-state index contributed by atoms with van der Waals surface area (Å²) in [5, 5.41) is -1.48. The van der Waals surface area contributed by atoms with Gasteiger partial charge in [-0.2, -0.15) is 0 Å². The zero-order chi connectivity index (χ0) is 16.9. The van der Waals surface area contributed by atoms with Gasteiger partial charge in [-0.3, -0.25) is 0 Å². The van der Waals surface area contributed by atoms with Gasteiger partial charge in [0.25, 0.3) is 0 Å². The number of rotatable bonds is 7. The van der Waals surface area contributed by atoms with Gasteiger partial charge in [-0.05, 0) is 24.8 Å². The number of unbranched alkanes of at least 4 members (excludes halogenated alkanes) is 1. The number of hydrogen-bond acceptors (Lipinski definition) is 4. The Hall–Kier alpha value is -0.880. The van der Waals surface area contributed by atoms with E-state index in [0.717, 1.165) is 24.8 Å². The molecule has 0 heterocycles. The molecule has 0 aromatic heterocycles. The van der Waals surface area contributed by atoms with Gasteiger partial charge < -0.3 is 0 Å². The zero-order valence-electron chi connectivity index (χ0n) is 13.6. The highest BCUT2D eigenvalue weighted by Gasteiger charge is 2.42. The first-order valence-electron chi connectivity index (χ1n) is 8.34. The van der Waals surface area contributed by atoms with E-state index in [0.29, 0.717) is 19.3 Å². The molecule has 1 aromatic carbocycles. The third kappa shape index (κ3) is 4.80. The van der Waals surface area contributed by atoms with Crippen molar-refractivity contribution in [2.75, 3.05) is 5.75 Å². The maximum Gasteiger partial charge on any atom is 0.158 e. The first-order chi connectivity index (χ1) is 10.9. The van der Waals surface area contributed by atoms with Crippen molar-refractivity contribution in [2.24, 2.45) is 0 Å². The molecule has 23 heavy (non-hydrogen) atoms. The molecule has 1 saturated carbocycles. The van der Waals surface area contributed by atoms with E-state index in [2.05, 4.69) is 0 Å². The van der Waals surface area contributed by atoms with Crippen LogP contribution in [0.5, 0.6) is 0 Å². The fourth-order valence-corrected chi connectivity index (χ4v) is 8.42. The molecule has 2 atom stereocenters. The van der Waals surface area contributed by atoms with Crippen LogP contribution >= 0.6 is 0 Å². The van der Waals surface area contributed by atoms with Crippen molar-refractivity contribution in [3.8, 4) is 0 Å².